The molecule has 1 rings (SSSR count). The van der Waals surface area contributed by atoms with Crippen LogP contribution in [0, 0.1) is 11.3 Å². The second-order valence-corrected chi connectivity index (χ2v) is 3.04. The number of nitriles is 1. The first-order valence-corrected chi connectivity index (χ1v) is 4.44. The molecule has 1 aromatic carbocycles. The van der Waals surface area contributed by atoms with E-state index in [1.165, 1.54) is 12.0 Å². The molecular formula is C11H12N2O2. The summed E-state index contributed by atoms with van der Waals surface area (Å²) in [4.78, 5) is 12.9. The maximum absolute atomic E-state index is 11.4. The van der Waals surface area contributed by atoms with Crippen LogP contribution in [0.2, 0.25) is 0 Å². The van der Waals surface area contributed by atoms with Gasteiger partial charge in [0.15, 0.2) is 0 Å². The molecule has 0 aromatic heterocycles. The Morgan fingerprint density at radius 1 is 1.47 bits per heavy atom. The average Bonchev–Trinajstić information content (AvgIpc) is 2.28. The molecule has 15 heavy (non-hydrogen) atoms. The van der Waals surface area contributed by atoms with E-state index in [0.717, 1.165) is 5.69 Å². The van der Waals surface area contributed by atoms with Gasteiger partial charge in [-0.1, -0.05) is 0 Å². The Morgan fingerprint density at radius 3 is 2.53 bits per heavy atom. The van der Waals surface area contributed by atoms with Gasteiger partial charge in [0.25, 0.3) is 5.91 Å². The van der Waals surface area contributed by atoms with Crippen molar-refractivity contribution in [1.82, 2.24) is 0 Å². The third-order valence-electron chi connectivity index (χ3n) is 2.03. The molecule has 0 saturated heterocycles. The molecule has 0 saturated carbocycles. The van der Waals surface area contributed by atoms with Crippen molar-refractivity contribution >= 4 is 11.6 Å². The number of carbonyl (C=O) groups is 1. The molecule has 0 aliphatic carbocycles. The number of methoxy groups -OCH3 is 1. The summed E-state index contributed by atoms with van der Waals surface area (Å²) in [5, 5.41) is 8.61. The minimum atomic E-state index is -0.123. The summed E-state index contributed by atoms with van der Waals surface area (Å²) in [5.74, 6) is -0.123. The Balaban J connectivity index is 2.79. The monoisotopic (exact) mass is 204 g/mol. The lowest BCUT2D eigenvalue weighted by Crippen LogP contribution is -2.29. The third kappa shape index (κ3) is 2.79. The largest absolute Gasteiger partial charge is 0.375 e. The highest BCUT2D eigenvalue weighted by molar-refractivity contribution is 5.93. The summed E-state index contributed by atoms with van der Waals surface area (Å²) < 4.78 is 4.75. The molecule has 4 heteroatoms. The van der Waals surface area contributed by atoms with Gasteiger partial charge in [-0.3, -0.25) is 4.79 Å². The predicted molar refractivity (Wildman–Crippen MR) is 56.4 cm³/mol. The lowest BCUT2D eigenvalue weighted by atomic mass is 10.2. The van der Waals surface area contributed by atoms with E-state index >= 15 is 0 Å². The number of likely N-dealkylation sites (N-methyl/N-ethyl adjacent to an activating group) is 1. The van der Waals surface area contributed by atoms with Crippen LogP contribution in [-0.4, -0.2) is 26.7 Å². The number of ether oxygens (including phenoxy) is 1. The van der Waals surface area contributed by atoms with Crippen molar-refractivity contribution in [3.05, 3.63) is 29.8 Å². The lowest BCUT2D eigenvalue weighted by Gasteiger charge is -2.16. The summed E-state index contributed by atoms with van der Waals surface area (Å²) in [6.45, 7) is 0.0521. The fourth-order valence-electron chi connectivity index (χ4n) is 1.12. The van der Waals surface area contributed by atoms with Crippen LogP contribution < -0.4 is 4.90 Å². The number of benzene rings is 1. The van der Waals surface area contributed by atoms with E-state index in [-0.39, 0.29) is 12.5 Å². The van der Waals surface area contributed by atoms with E-state index in [2.05, 4.69) is 0 Å². The molecule has 0 unspecified atom stereocenters. The predicted octanol–water partition coefficient (Wildman–Crippen LogP) is 1.17. The number of rotatable bonds is 3. The number of nitrogens with zero attached hydrogens (tertiary/aromatic N) is 2. The molecular weight excluding hydrogens is 192 g/mol. The summed E-state index contributed by atoms with van der Waals surface area (Å²) in [6.07, 6.45) is 0. The molecule has 0 fully saturated rings. The van der Waals surface area contributed by atoms with Crippen molar-refractivity contribution in [1.29, 1.82) is 5.26 Å². The maximum Gasteiger partial charge on any atom is 0.252 e. The molecule has 0 atom stereocenters. The first-order chi connectivity index (χ1) is 7.19. The molecule has 1 amide bonds. The first kappa shape index (κ1) is 11.2. The van der Waals surface area contributed by atoms with Gasteiger partial charge in [0.2, 0.25) is 0 Å². The number of anilines is 1. The number of amides is 1. The minimum Gasteiger partial charge on any atom is -0.375 e. The van der Waals surface area contributed by atoms with Crippen molar-refractivity contribution in [2.24, 2.45) is 0 Å². The third-order valence-corrected chi connectivity index (χ3v) is 2.03. The quantitative estimate of drug-likeness (QED) is 0.742. The van der Waals surface area contributed by atoms with Crippen molar-refractivity contribution in [2.75, 3.05) is 25.7 Å². The summed E-state index contributed by atoms with van der Waals surface area (Å²) in [7, 11) is 3.15. The molecule has 0 spiro atoms. The van der Waals surface area contributed by atoms with Gasteiger partial charge in [-0.2, -0.15) is 5.26 Å². The Morgan fingerprint density at radius 2 is 2.07 bits per heavy atom. The van der Waals surface area contributed by atoms with Gasteiger partial charge in [0.05, 0.1) is 11.6 Å². The Labute approximate surface area is 88.7 Å². The average molecular weight is 204 g/mol. The van der Waals surface area contributed by atoms with Crippen molar-refractivity contribution in [2.45, 2.75) is 0 Å². The molecule has 0 aliphatic rings. The number of hydrogen-bond donors (Lipinski definition) is 0. The van der Waals surface area contributed by atoms with Gasteiger partial charge < -0.3 is 9.64 Å². The van der Waals surface area contributed by atoms with Crippen LogP contribution in [0.5, 0.6) is 0 Å². The standard InChI is InChI=1S/C11H12N2O2/c1-13(11(14)8-15-2)10-5-3-9(7-12)4-6-10/h3-6H,8H2,1-2H3. The van der Waals surface area contributed by atoms with Crippen LogP contribution in [0.3, 0.4) is 0 Å². The highest BCUT2D eigenvalue weighted by Gasteiger charge is 2.09. The molecule has 0 radical (unpaired) electrons. The van der Waals surface area contributed by atoms with Crippen LogP contribution in [-0.2, 0) is 9.53 Å². The number of carbonyl (C=O) groups excluding carboxylic acids is 1. The van der Waals surface area contributed by atoms with E-state index in [0.29, 0.717) is 5.56 Å². The maximum atomic E-state index is 11.4. The fraction of sp³-hybridized carbons (Fsp3) is 0.273. The Bertz CT molecular complexity index is 379. The van der Waals surface area contributed by atoms with E-state index in [4.69, 9.17) is 10.00 Å². The van der Waals surface area contributed by atoms with E-state index in [9.17, 15) is 4.79 Å². The van der Waals surface area contributed by atoms with Crippen molar-refractivity contribution in [3.8, 4) is 6.07 Å². The minimum absolute atomic E-state index is 0.0521. The van der Waals surface area contributed by atoms with Gasteiger partial charge in [0.1, 0.15) is 6.61 Å². The zero-order valence-electron chi connectivity index (χ0n) is 8.73. The molecule has 78 valence electrons. The van der Waals surface area contributed by atoms with Crippen LogP contribution in [0.25, 0.3) is 0 Å². The van der Waals surface area contributed by atoms with Crippen molar-refractivity contribution in [3.63, 3.8) is 0 Å². The van der Waals surface area contributed by atoms with E-state index < -0.39 is 0 Å². The van der Waals surface area contributed by atoms with Crippen LogP contribution in [0.4, 0.5) is 5.69 Å². The van der Waals surface area contributed by atoms with E-state index in [1.807, 2.05) is 6.07 Å². The summed E-state index contributed by atoms with van der Waals surface area (Å²) in [6, 6.07) is 8.82. The zero-order valence-corrected chi connectivity index (χ0v) is 8.73. The van der Waals surface area contributed by atoms with Gasteiger partial charge in [-0.25, -0.2) is 0 Å². The molecule has 0 bridgehead atoms. The highest BCUT2D eigenvalue weighted by atomic mass is 16.5. The molecule has 0 heterocycles. The van der Waals surface area contributed by atoms with Gasteiger partial charge in [-0.15, -0.1) is 0 Å². The molecule has 0 aliphatic heterocycles. The van der Waals surface area contributed by atoms with Crippen molar-refractivity contribution < 1.29 is 9.53 Å². The molecule has 1 aromatic rings. The van der Waals surface area contributed by atoms with Gasteiger partial charge in [-0.05, 0) is 24.3 Å². The second-order valence-electron chi connectivity index (χ2n) is 3.04. The topological polar surface area (TPSA) is 53.3 Å². The fourth-order valence-corrected chi connectivity index (χ4v) is 1.12. The Kier molecular flexibility index (Phi) is 3.83. The van der Waals surface area contributed by atoms with Crippen LogP contribution in [0.15, 0.2) is 24.3 Å². The number of hydrogen-bond acceptors (Lipinski definition) is 3. The lowest BCUT2D eigenvalue weighted by molar-refractivity contribution is -0.121. The molecule has 0 N–H and O–H groups in total. The first-order valence-electron chi connectivity index (χ1n) is 4.44. The highest BCUT2D eigenvalue weighted by Crippen LogP contribution is 2.13. The second kappa shape index (κ2) is 5.13. The summed E-state index contributed by atoms with van der Waals surface area (Å²) >= 11 is 0. The van der Waals surface area contributed by atoms with E-state index in [1.54, 1.807) is 31.3 Å². The van der Waals surface area contributed by atoms with Gasteiger partial charge in [0, 0.05) is 19.8 Å². The Hall–Kier alpha value is -1.86. The smallest absolute Gasteiger partial charge is 0.252 e. The zero-order chi connectivity index (χ0) is 11.3. The van der Waals surface area contributed by atoms with Crippen LogP contribution in [0.1, 0.15) is 5.56 Å². The van der Waals surface area contributed by atoms with Gasteiger partial charge >= 0.3 is 0 Å². The van der Waals surface area contributed by atoms with Crippen LogP contribution >= 0.6 is 0 Å². The normalized spacial score (nSPS) is 9.40. The molecule has 4 nitrogen and oxygen atoms in total. The SMILES string of the molecule is COCC(=O)N(C)c1ccc(C#N)cc1. The summed E-state index contributed by atoms with van der Waals surface area (Å²) in [5.41, 5.74) is 1.32.